The van der Waals surface area contributed by atoms with E-state index in [1.165, 1.54) is 11.3 Å². The standard InChI is InChI=1S/C13H14N4OS/c1-13(2,8-14)11(18)15-16-12-17(3)9-6-4-5-7-10(9)19-12/h4-7H,1-3H3,(H,15,18). The highest BCUT2D eigenvalue weighted by molar-refractivity contribution is 7.16. The largest absolute Gasteiger partial charge is 0.318 e. The third kappa shape index (κ3) is 2.51. The summed E-state index contributed by atoms with van der Waals surface area (Å²) < 4.78 is 3.00. The zero-order valence-electron chi connectivity index (χ0n) is 11.0. The lowest BCUT2D eigenvalue weighted by Crippen LogP contribution is -2.34. The monoisotopic (exact) mass is 274 g/mol. The van der Waals surface area contributed by atoms with Crippen molar-refractivity contribution in [2.24, 2.45) is 17.6 Å². The first-order valence-corrected chi connectivity index (χ1v) is 6.57. The molecule has 2 aromatic rings. The number of thiazole rings is 1. The van der Waals surface area contributed by atoms with Crippen molar-refractivity contribution in [3.8, 4) is 6.07 Å². The van der Waals surface area contributed by atoms with Gasteiger partial charge in [0, 0.05) is 7.05 Å². The number of rotatable bonds is 2. The van der Waals surface area contributed by atoms with Crippen molar-refractivity contribution in [1.29, 1.82) is 5.26 Å². The Bertz CT molecular complexity index is 733. The maximum atomic E-state index is 11.8. The van der Waals surface area contributed by atoms with Gasteiger partial charge in [-0.25, -0.2) is 5.43 Å². The van der Waals surface area contributed by atoms with Gasteiger partial charge in [-0.05, 0) is 26.0 Å². The van der Waals surface area contributed by atoms with E-state index >= 15 is 0 Å². The highest BCUT2D eigenvalue weighted by Crippen LogP contribution is 2.15. The Kier molecular flexibility index (Phi) is 3.40. The maximum Gasteiger partial charge on any atom is 0.260 e. The minimum Gasteiger partial charge on any atom is -0.318 e. The van der Waals surface area contributed by atoms with Crippen LogP contribution in [0.4, 0.5) is 0 Å². The normalized spacial score (nSPS) is 12.4. The quantitative estimate of drug-likeness (QED) is 0.847. The summed E-state index contributed by atoms with van der Waals surface area (Å²) in [5, 5.41) is 13.0. The fourth-order valence-electron chi connectivity index (χ4n) is 1.48. The second-order valence-corrected chi connectivity index (χ2v) is 5.71. The van der Waals surface area contributed by atoms with Crippen LogP contribution in [0.2, 0.25) is 0 Å². The van der Waals surface area contributed by atoms with Crippen LogP contribution in [0.15, 0.2) is 29.4 Å². The number of aryl methyl sites for hydroxylation is 1. The van der Waals surface area contributed by atoms with Crippen molar-refractivity contribution < 1.29 is 4.79 Å². The number of benzene rings is 1. The van der Waals surface area contributed by atoms with Crippen molar-refractivity contribution in [2.45, 2.75) is 13.8 Å². The van der Waals surface area contributed by atoms with Crippen molar-refractivity contribution in [3.63, 3.8) is 0 Å². The molecule has 98 valence electrons. The molecular weight excluding hydrogens is 260 g/mol. The lowest BCUT2D eigenvalue weighted by atomic mass is 9.95. The number of nitrogens with one attached hydrogen (secondary N) is 1. The van der Waals surface area contributed by atoms with E-state index in [0.717, 1.165) is 10.2 Å². The van der Waals surface area contributed by atoms with E-state index in [9.17, 15) is 4.79 Å². The zero-order chi connectivity index (χ0) is 14.0. The van der Waals surface area contributed by atoms with Crippen molar-refractivity contribution in [2.75, 3.05) is 0 Å². The highest BCUT2D eigenvalue weighted by atomic mass is 32.1. The summed E-state index contributed by atoms with van der Waals surface area (Å²) in [4.78, 5) is 12.4. The number of carbonyl (C=O) groups is 1. The minimum absolute atomic E-state index is 0.410. The van der Waals surface area contributed by atoms with Gasteiger partial charge in [-0.3, -0.25) is 4.79 Å². The molecule has 1 aromatic heterocycles. The summed E-state index contributed by atoms with van der Waals surface area (Å²) in [6, 6.07) is 9.85. The van der Waals surface area contributed by atoms with E-state index in [1.54, 1.807) is 13.8 Å². The Hall–Kier alpha value is -2.13. The first-order valence-electron chi connectivity index (χ1n) is 5.75. The van der Waals surface area contributed by atoms with Crippen LogP contribution in [0, 0.1) is 16.7 Å². The van der Waals surface area contributed by atoms with Gasteiger partial charge in [0.1, 0.15) is 5.41 Å². The summed E-state index contributed by atoms with van der Waals surface area (Å²) in [6.07, 6.45) is 0. The molecule has 5 nitrogen and oxygen atoms in total. The molecule has 0 saturated carbocycles. The first kappa shape index (κ1) is 13.3. The molecule has 0 fully saturated rings. The highest BCUT2D eigenvalue weighted by Gasteiger charge is 2.26. The van der Waals surface area contributed by atoms with E-state index in [2.05, 4.69) is 10.5 Å². The molecule has 0 saturated heterocycles. The molecule has 0 aliphatic rings. The van der Waals surface area contributed by atoms with Crippen molar-refractivity contribution in [1.82, 2.24) is 9.99 Å². The lowest BCUT2D eigenvalue weighted by Gasteiger charge is -2.11. The van der Waals surface area contributed by atoms with Crippen LogP contribution in [0.5, 0.6) is 0 Å². The van der Waals surface area contributed by atoms with E-state index in [-0.39, 0.29) is 0 Å². The van der Waals surface area contributed by atoms with Crippen LogP contribution < -0.4 is 10.2 Å². The molecule has 0 unspecified atom stereocenters. The van der Waals surface area contributed by atoms with Crippen LogP contribution in [-0.2, 0) is 11.8 Å². The van der Waals surface area contributed by atoms with E-state index < -0.39 is 11.3 Å². The predicted octanol–water partition coefficient (Wildman–Crippen LogP) is 1.72. The molecule has 0 spiro atoms. The lowest BCUT2D eigenvalue weighted by molar-refractivity contribution is -0.126. The Morgan fingerprint density at radius 1 is 1.47 bits per heavy atom. The number of para-hydroxylation sites is 1. The van der Waals surface area contributed by atoms with E-state index in [1.807, 2.05) is 41.9 Å². The number of nitrogens with zero attached hydrogens (tertiary/aromatic N) is 3. The Labute approximate surface area is 114 Å². The van der Waals surface area contributed by atoms with Gasteiger partial charge in [-0.2, -0.15) is 5.26 Å². The number of carbonyl (C=O) groups excluding carboxylic acids is 1. The molecule has 0 atom stereocenters. The smallest absolute Gasteiger partial charge is 0.260 e. The molecule has 1 heterocycles. The molecule has 0 aliphatic heterocycles. The van der Waals surface area contributed by atoms with Crippen LogP contribution >= 0.6 is 11.3 Å². The molecule has 1 N–H and O–H groups in total. The van der Waals surface area contributed by atoms with Gasteiger partial charge in [0.05, 0.1) is 16.3 Å². The fourth-order valence-corrected chi connectivity index (χ4v) is 2.46. The van der Waals surface area contributed by atoms with Gasteiger partial charge < -0.3 is 4.57 Å². The Balaban J connectivity index is 2.36. The predicted molar refractivity (Wildman–Crippen MR) is 73.9 cm³/mol. The van der Waals surface area contributed by atoms with E-state index in [0.29, 0.717) is 4.80 Å². The molecule has 0 bridgehead atoms. The minimum atomic E-state index is -1.08. The van der Waals surface area contributed by atoms with E-state index in [4.69, 9.17) is 5.26 Å². The number of hydrogen-bond acceptors (Lipinski definition) is 4. The number of fused-ring (bicyclic) bond motifs is 1. The van der Waals surface area contributed by atoms with Gasteiger partial charge in [0.25, 0.3) is 5.91 Å². The van der Waals surface area contributed by atoms with Crippen LogP contribution in [0.1, 0.15) is 13.8 Å². The van der Waals surface area contributed by atoms with Gasteiger partial charge in [-0.15, -0.1) is 5.10 Å². The zero-order valence-corrected chi connectivity index (χ0v) is 11.8. The molecule has 19 heavy (non-hydrogen) atoms. The summed E-state index contributed by atoms with van der Waals surface area (Å²) in [5.41, 5.74) is 2.42. The average molecular weight is 274 g/mol. The first-order chi connectivity index (χ1) is 8.95. The number of aromatic nitrogens is 1. The number of hydrogen-bond donors (Lipinski definition) is 1. The molecule has 1 amide bonds. The molecular formula is C13H14N4OS. The summed E-state index contributed by atoms with van der Waals surface area (Å²) in [7, 11) is 1.89. The number of amides is 1. The third-order valence-corrected chi connectivity index (χ3v) is 3.93. The molecule has 0 aliphatic carbocycles. The van der Waals surface area contributed by atoms with Gasteiger partial charge >= 0.3 is 0 Å². The Morgan fingerprint density at radius 3 is 2.79 bits per heavy atom. The van der Waals surface area contributed by atoms with Crippen LogP contribution in [-0.4, -0.2) is 10.5 Å². The average Bonchev–Trinajstić information content (AvgIpc) is 2.73. The van der Waals surface area contributed by atoms with Gasteiger partial charge in [0.15, 0.2) is 0 Å². The summed E-state index contributed by atoms with van der Waals surface area (Å²) >= 11 is 1.48. The van der Waals surface area contributed by atoms with Gasteiger partial charge in [-0.1, -0.05) is 23.5 Å². The summed E-state index contributed by atoms with van der Waals surface area (Å²) in [6.45, 7) is 3.12. The summed E-state index contributed by atoms with van der Waals surface area (Å²) in [5.74, 6) is -0.410. The van der Waals surface area contributed by atoms with Crippen molar-refractivity contribution in [3.05, 3.63) is 29.1 Å². The molecule has 1 aromatic carbocycles. The second-order valence-electron chi connectivity index (χ2n) is 4.70. The SMILES string of the molecule is Cn1c(=NNC(=O)C(C)(C)C#N)sc2ccccc21. The molecule has 0 radical (unpaired) electrons. The van der Waals surface area contributed by atoms with Crippen molar-refractivity contribution >= 4 is 27.5 Å². The third-order valence-electron chi connectivity index (χ3n) is 2.82. The number of nitriles is 1. The maximum absolute atomic E-state index is 11.8. The molecule has 2 rings (SSSR count). The Morgan fingerprint density at radius 2 is 2.16 bits per heavy atom. The van der Waals surface area contributed by atoms with Crippen LogP contribution in [0.3, 0.4) is 0 Å². The van der Waals surface area contributed by atoms with Gasteiger partial charge in [0.2, 0.25) is 4.80 Å². The van der Waals surface area contributed by atoms with Crippen LogP contribution in [0.25, 0.3) is 10.2 Å². The topological polar surface area (TPSA) is 70.2 Å². The second kappa shape index (κ2) is 4.86. The molecule has 6 heteroatoms. The fraction of sp³-hybridized carbons (Fsp3) is 0.308.